The molecule has 0 spiro atoms. The van der Waals surface area contributed by atoms with Gasteiger partial charge in [0.1, 0.15) is 0 Å². The van der Waals surface area contributed by atoms with Crippen LogP contribution >= 0.6 is 0 Å². The number of para-hydroxylation sites is 1. The highest BCUT2D eigenvalue weighted by Crippen LogP contribution is 2.26. The van der Waals surface area contributed by atoms with Crippen LogP contribution in [0.3, 0.4) is 0 Å². The van der Waals surface area contributed by atoms with Gasteiger partial charge in [0, 0.05) is 25.6 Å². The summed E-state index contributed by atoms with van der Waals surface area (Å²) in [5, 5.41) is 10.9. The molecule has 6 nitrogen and oxygen atoms in total. The minimum atomic E-state index is -3.88. The first-order valence-corrected chi connectivity index (χ1v) is 7.52. The maximum atomic E-state index is 12.5. The minimum absolute atomic E-state index is 0.214. The van der Waals surface area contributed by atoms with Gasteiger partial charge in [0.2, 0.25) is 10.0 Å². The van der Waals surface area contributed by atoms with Crippen molar-refractivity contribution in [2.45, 2.75) is 25.2 Å². The molecule has 0 bridgehead atoms. The van der Waals surface area contributed by atoms with Gasteiger partial charge < -0.3 is 0 Å². The SMILES string of the molecule is CC#CCCN(CC)S(=O)(=O)c1ccccc1[N+](=O)[O-]. The van der Waals surface area contributed by atoms with Gasteiger partial charge >= 0.3 is 0 Å². The van der Waals surface area contributed by atoms with Gasteiger partial charge in [-0.25, -0.2) is 8.42 Å². The molecule has 0 amide bonds. The van der Waals surface area contributed by atoms with E-state index in [0.29, 0.717) is 6.42 Å². The first-order valence-electron chi connectivity index (χ1n) is 6.08. The van der Waals surface area contributed by atoms with Gasteiger partial charge in [-0.1, -0.05) is 19.1 Å². The Hall–Kier alpha value is -1.91. The summed E-state index contributed by atoms with van der Waals surface area (Å²) in [6, 6.07) is 5.35. The van der Waals surface area contributed by atoms with Crippen LogP contribution in [0.25, 0.3) is 0 Å². The molecule has 0 heterocycles. The molecule has 0 atom stereocenters. The van der Waals surface area contributed by atoms with Crippen molar-refractivity contribution in [3.05, 3.63) is 34.4 Å². The monoisotopic (exact) mass is 296 g/mol. The van der Waals surface area contributed by atoms with Crippen molar-refractivity contribution in [1.29, 1.82) is 0 Å². The lowest BCUT2D eigenvalue weighted by atomic mass is 10.3. The molecule has 0 saturated carbocycles. The van der Waals surface area contributed by atoms with Gasteiger partial charge in [-0.3, -0.25) is 10.1 Å². The van der Waals surface area contributed by atoms with E-state index in [2.05, 4.69) is 11.8 Å². The molecule has 0 aliphatic carbocycles. The summed E-state index contributed by atoms with van der Waals surface area (Å²) in [6.45, 7) is 3.81. The predicted molar refractivity (Wildman–Crippen MR) is 75.6 cm³/mol. The molecule has 1 aromatic rings. The van der Waals surface area contributed by atoms with Crippen LogP contribution in [0.15, 0.2) is 29.2 Å². The summed E-state index contributed by atoms with van der Waals surface area (Å²) in [5.41, 5.74) is -0.410. The van der Waals surface area contributed by atoms with Crippen LogP contribution in [0.4, 0.5) is 5.69 Å². The standard InChI is InChI=1S/C13H16N2O4S/c1-3-5-8-11-14(4-2)20(18,19)13-10-7-6-9-12(13)15(16)17/h6-7,9-10H,4,8,11H2,1-2H3. The quantitative estimate of drug-likeness (QED) is 0.457. The Morgan fingerprint density at radius 1 is 1.35 bits per heavy atom. The van der Waals surface area contributed by atoms with E-state index in [1.807, 2.05) is 0 Å². The topological polar surface area (TPSA) is 80.5 Å². The fraction of sp³-hybridized carbons (Fsp3) is 0.385. The van der Waals surface area contributed by atoms with Crippen molar-refractivity contribution in [3.63, 3.8) is 0 Å². The highest BCUT2D eigenvalue weighted by Gasteiger charge is 2.29. The number of nitrogens with zero attached hydrogens (tertiary/aromatic N) is 2. The Kier molecular flexibility index (Phi) is 5.67. The largest absolute Gasteiger partial charge is 0.289 e. The zero-order chi connectivity index (χ0) is 15.2. The van der Waals surface area contributed by atoms with Gasteiger partial charge in [0.05, 0.1) is 4.92 Å². The van der Waals surface area contributed by atoms with Crippen LogP contribution in [-0.4, -0.2) is 30.7 Å². The third-order valence-electron chi connectivity index (χ3n) is 2.70. The molecule has 108 valence electrons. The van der Waals surface area contributed by atoms with Gasteiger partial charge in [-0.2, -0.15) is 4.31 Å². The second-order valence-corrected chi connectivity index (χ2v) is 5.80. The van der Waals surface area contributed by atoms with Crippen molar-refractivity contribution < 1.29 is 13.3 Å². The summed E-state index contributed by atoms with van der Waals surface area (Å²) >= 11 is 0. The molecular formula is C13H16N2O4S. The lowest BCUT2D eigenvalue weighted by Gasteiger charge is -2.19. The van der Waals surface area contributed by atoms with Gasteiger partial charge in [-0.15, -0.1) is 11.8 Å². The minimum Gasteiger partial charge on any atom is -0.258 e. The predicted octanol–water partition coefficient (Wildman–Crippen LogP) is 2.02. The van der Waals surface area contributed by atoms with Crippen molar-refractivity contribution in [3.8, 4) is 11.8 Å². The molecule has 1 rings (SSSR count). The highest BCUT2D eigenvalue weighted by atomic mass is 32.2. The van der Waals surface area contributed by atoms with Crippen LogP contribution in [0.1, 0.15) is 20.3 Å². The second-order valence-electron chi connectivity index (χ2n) is 3.90. The lowest BCUT2D eigenvalue weighted by Crippen LogP contribution is -2.32. The molecule has 0 N–H and O–H groups in total. The molecule has 0 aliphatic heterocycles. The third kappa shape index (κ3) is 3.56. The Balaban J connectivity index is 3.19. The Morgan fingerprint density at radius 3 is 2.55 bits per heavy atom. The lowest BCUT2D eigenvalue weighted by molar-refractivity contribution is -0.387. The van der Waals surface area contributed by atoms with Crippen molar-refractivity contribution in [2.75, 3.05) is 13.1 Å². The summed E-state index contributed by atoms with van der Waals surface area (Å²) in [5.74, 6) is 5.47. The summed E-state index contributed by atoms with van der Waals surface area (Å²) in [7, 11) is -3.88. The molecule has 0 unspecified atom stereocenters. The Labute approximate surface area is 118 Å². The van der Waals surface area contributed by atoms with Crippen LogP contribution in [0.5, 0.6) is 0 Å². The summed E-state index contributed by atoms with van der Waals surface area (Å²) in [6.07, 6.45) is 0.393. The van der Waals surface area contributed by atoms with Gasteiger partial charge in [0.25, 0.3) is 5.69 Å². The molecule has 1 aromatic carbocycles. The van der Waals surface area contributed by atoms with Crippen LogP contribution in [0.2, 0.25) is 0 Å². The zero-order valence-electron chi connectivity index (χ0n) is 11.4. The first-order chi connectivity index (χ1) is 9.45. The first kappa shape index (κ1) is 16.1. The summed E-state index contributed by atoms with van der Waals surface area (Å²) in [4.78, 5) is 9.97. The molecule has 0 fully saturated rings. The molecular weight excluding hydrogens is 280 g/mol. The van der Waals surface area contributed by atoms with E-state index in [1.165, 1.54) is 28.6 Å². The molecule has 0 radical (unpaired) electrons. The number of nitro groups is 1. The van der Waals surface area contributed by atoms with E-state index in [1.54, 1.807) is 13.8 Å². The average molecular weight is 296 g/mol. The van der Waals surface area contributed by atoms with Gasteiger partial charge in [0.15, 0.2) is 4.90 Å². The Bertz CT molecular complexity index is 644. The number of sulfonamides is 1. The van der Waals surface area contributed by atoms with Crippen molar-refractivity contribution >= 4 is 15.7 Å². The number of hydrogen-bond donors (Lipinski definition) is 0. The number of rotatable bonds is 6. The molecule has 0 aliphatic rings. The van der Waals surface area contributed by atoms with Crippen molar-refractivity contribution in [2.24, 2.45) is 0 Å². The fourth-order valence-electron chi connectivity index (χ4n) is 1.72. The van der Waals surface area contributed by atoms with Crippen LogP contribution in [0, 0.1) is 22.0 Å². The van der Waals surface area contributed by atoms with Crippen LogP contribution in [-0.2, 0) is 10.0 Å². The molecule has 7 heteroatoms. The fourth-order valence-corrected chi connectivity index (χ4v) is 3.33. The van der Waals surface area contributed by atoms with E-state index in [-0.39, 0.29) is 18.0 Å². The maximum absolute atomic E-state index is 12.5. The maximum Gasteiger partial charge on any atom is 0.289 e. The van der Waals surface area contributed by atoms with E-state index < -0.39 is 20.6 Å². The number of nitro benzene ring substituents is 1. The number of benzene rings is 1. The van der Waals surface area contributed by atoms with Crippen LogP contribution < -0.4 is 0 Å². The van der Waals surface area contributed by atoms with E-state index >= 15 is 0 Å². The van der Waals surface area contributed by atoms with Crippen molar-refractivity contribution in [1.82, 2.24) is 4.31 Å². The molecule has 0 aromatic heterocycles. The highest BCUT2D eigenvalue weighted by molar-refractivity contribution is 7.89. The number of hydrogen-bond acceptors (Lipinski definition) is 4. The normalized spacial score (nSPS) is 10.9. The zero-order valence-corrected chi connectivity index (χ0v) is 12.2. The third-order valence-corrected chi connectivity index (χ3v) is 4.72. The summed E-state index contributed by atoms with van der Waals surface area (Å²) < 4.78 is 26.1. The smallest absolute Gasteiger partial charge is 0.258 e. The van der Waals surface area contributed by atoms with E-state index in [9.17, 15) is 18.5 Å². The molecule has 0 saturated heterocycles. The molecule has 20 heavy (non-hydrogen) atoms. The average Bonchev–Trinajstić information content (AvgIpc) is 2.43. The van der Waals surface area contributed by atoms with Gasteiger partial charge in [-0.05, 0) is 13.0 Å². The Morgan fingerprint density at radius 2 is 2.00 bits per heavy atom. The van der Waals surface area contributed by atoms with E-state index in [4.69, 9.17) is 0 Å². The second kappa shape index (κ2) is 7.03. The van der Waals surface area contributed by atoms with E-state index in [0.717, 1.165) is 0 Å².